The number of hydrogen-bond donors (Lipinski definition) is 2. The van der Waals surface area contributed by atoms with Crippen molar-refractivity contribution in [3.8, 4) is 0 Å². The number of hydrazine groups is 1. The van der Waals surface area contributed by atoms with Crippen LogP contribution in [-0.4, -0.2) is 4.98 Å². The van der Waals surface area contributed by atoms with Crippen molar-refractivity contribution in [1.82, 2.24) is 4.98 Å². The third-order valence-electron chi connectivity index (χ3n) is 2.95. The first kappa shape index (κ1) is 13.6. The van der Waals surface area contributed by atoms with Crippen LogP contribution in [-0.2, 0) is 6.18 Å². The number of fused-ring (bicyclic) bond motifs is 1. The maximum atomic E-state index is 12.7. The Balaban J connectivity index is 2.70. The first-order chi connectivity index (χ1) is 8.82. The van der Waals surface area contributed by atoms with Gasteiger partial charge in [0.05, 0.1) is 11.2 Å². The lowest BCUT2D eigenvalue weighted by molar-refractivity contribution is -0.140. The van der Waals surface area contributed by atoms with E-state index in [2.05, 4.69) is 10.4 Å². The predicted octanol–water partition coefficient (Wildman–Crippen LogP) is 3.66. The van der Waals surface area contributed by atoms with E-state index in [0.717, 1.165) is 11.6 Å². The van der Waals surface area contributed by atoms with Crippen LogP contribution >= 0.6 is 0 Å². The molecule has 0 fully saturated rings. The van der Waals surface area contributed by atoms with Crippen LogP contribution < -0.4 is 11.3 Å². The van der Waals surface area contributed by atoms with Crippen LogP contribution in [0.5, 0.6) is 0 Å². The van der Waals surface area contributed by atoms with Crippen LogP contribution in [0, 0.1) is 0 Å². The van der Waals surface area contributed by atoms with E-state index < -0.39 is 11.9 Å². The van der Waals surface area contributed by atoms with E-state index in [4.69, 9.17) is 5.84 Å². The highest BCUT2D eigenvalue weighted by molar-refractivity contribution is 5.92. The molecule has 6 heteroatoms. The van der Waals surface area contributed by atoms with Gasteiger partial charge in [0, 0.05) is 5.39 Å². The van der Waals surface area contributed by atoms with Crippen molar-refractivity contribution < 1.29 is 13.2 Å². The molecule has 0 radical (unpaired) electrons. The van der Waals surface area contributed by atoms with Crippen molar-refractivity contribution in [3.63, 3.8) is 0 Å². The number of halogens is 3. The number of aromatic nitrogens is 1. The van der Waals surface area contributed by atoms with E-state index in [-0.39, 0.29) is 17.1 Å². The molecule has 3 N–H and O–H groups in total. The van der Waals surface area contributed by atoms with E-state index in [1.807, 2.05) is 19.9 Å². The Morgan fingerprint density at radius 2 is 1.89 bits per heavy atom. The lowest BCUT2D eigenvalue weighted by Crippen LogP contribution is -2.13. The third-order valence-corrected chi connectivity index (χ3v) is 2.95. The Morgan fingerprint density at radius 1 is 1.21 bits per heavy atom. The van der Waals surface area contributed by atoms with Crippen LogP contribution in [0.25, 0.3) is 10.9 Å². The average molecular weight is 269 g/mol. The monoisotopic (exact) mass is 269 g/mol. The number of alkyl halides is 3. The van der Waals surface area contributed by atoms with Crippen molar-refractivity contribution in [1.29, 1.82) is 0 Å². The molecule has 0 aliphatic rings. The summed E-state index contributed by atoms with van der Waals surface area (Å²) in [7, 11) is 0. The summed E-state index contributed by atoms with van der Waals surface area (Å²) in [6, 6.07) is 6.09. The van der Waals surface area contributed by atoms with E-state index >= 15 is 0 Å². The molecule has 0 aliphatic heterocycles. The third kappa shape index (κ3) is 2.63. The first-order valence-electron chi connectivity index (χ1n) is 5.81. The highest BCUT2D eigenvalue weighted by atomic mass is 19.4. The van der Waals surface area contributed by atoms with Gasteiger partial charge in [-0.3, -0.25) is 5.84 Å². The van der Waals surface area contributed by atoms with Crippen LogP contribution in [0.15, 0.2) is 24.3 Å². The van der Waals surface area contributed by atoms with Crippen LogP contribution in [0.3, 0.4) is 0 Å². The maximum Gasteiger partial charge on any atom is 0.433 e. The molecule has 0 amide bonds. The summed E-state index contributed by atoms with van der Waals surface area (Å²) in [5.74, 6) is 5.58. The molecule has 0 saturated heterocycles. The summed E-state index contributed by atoms with van der Waals surface area (Å²) in [4.78, 5) is 3.63. The van der Waals surface area contributed by atoms with Crippen molar-refractivity contribution in [2.45, 2.75) is 25.9 Å². The normalized spacial score (nSPS) is 12.2. The molecule has 1 aromatic heterocycles. The smallest absolute Gasteiger partial charge is 0.323 e. The molecule has 1 heterocycles. The van der Waals surface area contributed by atoms with Gasteiger partial charge in [-0.05, 0) is 29.7 Å². The number of hydrogen-bond acceptors (Lipinski definition) is 3. The minimum Gasteiger partial charge on any atom is -0.323 e. The molecular weight excluding hydrogens is 255 g/mol. The van der Waals surface area contributed by atoms with E-state index in [9.17, 15) is 13.2 Å². The van der Waals surface area contributed by atoms with Gasteiger partial charge in [-0.15, -0.1) is 0 Å². The number of pyridine rings is 1. The quantitative estimate of drug-likeness (QED) is 0.646. The summed E-state index contributed by atoms with van der Waals surface area (Å²) in [6.45, 7) is 4.02. The number of nitrogen functional groups attached to an aromatic ring is 1. The fourth-order valence-corrected chi connectivity index (χ4v) is 1.87. The molecule has 0 spiro atoms. The largest absolute Gasteiger partial charge is 0.433 e. The second kappa shape index (κ2) is 4.70. The minimum atomic E-state index is -4.49. The Morgan fingerprint density at radius 3 is 2.42 bits per heavy atom. The zero-order valence-corrected chi connectivity index (χ0v) is 10.5. The van der Waals surface area contributed by atoms with E-state index in [1.165, 1.54) is 0 Å². The second-order valence-corrected chi connectivity index (χ2v) is 4.63. The molecule has 2 aromatic rings. The van der Waals surface area contributed by atoms with E-state index in [1.54, 1.807) is 12.1 Å². The zero-order chi connectivity index (χ0) is 14.2. The average Bonchev–Trinajstić information content (AvgIpc) is 2.35. The van der Waals surface area contributed by atoms with Crippen molar-refractivity contribution in [2.24, 2.45) is 5.84 Å². The molecule has 0 bridgehead atoms. The lowest BCUT2D eigenvalue weighted by Gasteiger charge is -2.13. The maximum absolute atomic E-state index is 12.7. The van der Waals surface area contributed by atoms with Gasteiger partial charge in [-0.1, -0.05) is 19.9 Å². The molecule has 1 aromatic carbocycles. The summed E-state index contributed by atoms with van der Waals surface area (Å²) >= 11 is 0. The Kier molecular flexibility index (Phi) is 3.36. The highest BCUT2D eigenvalue weighted by Gasteiger charge is 2.33. The number of rotatable bonds is 2. The predicted molar refractivity (Wildman–Crippen MR) is 68.6 cm³/mol. The number of nitrogens with zero attached hydrogens (tertiary/aromatic N) is 1. The van der Waals surface area contributed by atoms with Gasteiger partial charge in [-0.2, -0.15) is 13.2 Å². The van der Waals surface area contributed by atoms with Gasteiger partial charge < -0.3 is 5.43 Å². The van der Waals surface area contributed by atoms with Gasteiger partial charge in [0.25, 0.3) is 0 Å². The lowest BCUT2D eigenvalue weighted by atomic mass is 10.0. The second-order valence-electron chi connectivity index (χ2n) is 4.63. The Hall–Kier alpha value is -1.82. The molecule has 0 saturated carbocycles. The van der Waals surface area contributed by atoms with Gasteiger partial charge >= 0.3 is 6.18 Å². The topological polar surface area (TPSA) is 50.9 Å². The van der Waals surface area contributed by atoms with Crippen LogP contribution in [0.2, 0.25) is 0 Å². The van der Waals surface area contributed by atoms with E-state index in [0.29, 0.717) is 5.39 Å². The zero-order valence-electron chi connectivity index (χ0n) is 10.5. The van der Waals surface area contributed by atoms with Gasteiger partial charge in [0.1, 0.15) is 5.69 Å². The summed E-state index contributed by atoms with van der Waals surface area (Å²) in [6.07, 6.45) is -4.49. The fraction of sp³-hybridized carbons (Fsp3) is 0.308. The fourth-order valence-electron chi connectivity index (χ4n) is 1.87. The molecule has 0 unspecified atom stereocenters. The number of nitrogens with two attached hydrogens (primary N) is 1. The standard InChI is InChI=1S/C13H14F3N3/c1-7(2)8-3-4-10-9(5-8)11(19-17)6-12(18-10)13(14,15)16/h3-7H,17H2,1-2H3,(H,18,19). The molecule has 0 aliphatic carbocycles. The summed E-state index contributed by atoms with van der Waals surface area (Å²) in [5.41, 5.74) is 2.87. The van der Waals surface area contributed by atoms with Gasteiger partial charge in [0.15, 0.2) is 0 Å². The number of benzene rings is 1. The highest BCUT2D eigenvalue weighted by Crippen LogP contribution is 2.33. The van der Waals surface area contributed by atoms with Gasteiger partial charge in [0.2, 0.25) is 0 Å². The number of nitrogens with one attached hydrogen (secondary N) is 1. The number of anilines is 1. The van der Waals surface area contributed by atoms with Gasteiger partial charge in [-0.25, -0.2) is 4.98 Å². The van der Waals surface area contributed by atoms with Crippen molar-refractivity contribution >= 4 is 16.6 Å². The molecule has 2 rings (SSSR count). The molecular formula is C13H14F3N3. The van der Waals surface area contributed by atoms with Crippen molar-refractivity contribution in [3.05, 3.63) is 35.5 Å². The minimum absolute atomic E-state index is 0.222. The molecule has 0 atom stereocenters. The SMILES string of the molecule is CC(C)c1ccc2nc(C(F)(F)F)cc(NN)c2c1. The summed E-state index contributed by atoms with van der Waals surface area (Å²) in [5, 5.41) is 0.585. The molecule has 3 nitrogen and oxygen atoms in total. The molecule has 102 valence electrons. The summed E-state index contributed by atoms with van der Waals surface area (Å²) < 4.78 is 38.1. The Bertz CT molecular complexity index is 606. The van der Waals surface area contributed by atoms with Crippen molar-refractivity contribution in [2.75, 3.05) is 5.43 Å². The molecule has 19 heavy (non-hydrogen) atoms. The van der Waals surface area contributed by atoms with Crippen LogP contribution in [0.4, 0.5) is 18.9 Å². The first-order valence-corrected chi connectivity index (χ1v) is 5.81. The Labute approximate surface area is 108 Å². The van der Waals surface area contributed by atoms with Crippen LogP contribution in [0.1, 0.15) is 31.0 Å².